The summed E-state index contributed by atoms with van der Waals surface area (Å²) in [6.45, 7) is 3.47. The van der Waals surface area contributed by atoms with Gasteiger partial charge in [0.05, 0.1) is 16.4 Å². The number of nitro benzene ring substituents is 1. The average molecular weight is 400 g/mol. The summed E-state index contributed by atoms with van der Waals surface area (Å²) >= 11 is 5.96. The number of benzene rings is 2. The van der Waals surface area contributed by atoms with Gasteiger partial charge in [-0.15, -0.1) is 0 Å². The molecule has 7 nitrogen and oxygen atoms in total. The maximum Gasteiger partial charge on any atom is 0.279 e. The van der Waals surface area contributed by atoms with E-state index in [1.165, 1.54) is 18.3 Å². The van der Waals surface area contributed by atoms with Gasteiger partial charge in [0, 0.05) is 28.8 Å². The van der Waals surface area contributed by atoms with Crippen LogP contribution in [0.15, 0.2) is 48.7 Å². The molecule has 3 rings (SSSR count). The van der Waals surface area contributed by atoms with Crippen molar-refractivity contribution in [1.29, 1.82) is 0 Å². The van der Waals surface area contributed by atoms with E-state index in [9.17, 15) is 20.0 Å². The van der Waals surface area contributed by atoms with Crippen LogP contribution in [-0.2, 0) is 4.79 Å². The highest BCUT2D eigenvalue weighted by Crippen LogP contribution is 2.39. The van der Waals surface area contributed by atoms with Crippen LogP contribution in [0.2, 0.25) is 5.02 Å². The third-order valence-corrected chi connectivity index (χ3v) is 4.65. The lowest BCUT2D eigenvalue weighted by molar-refractivity contribution is -0.383. The van der Waals surface area contributed by atoms with Gasteiger partial charge >= 0.3 is 0 Å². The molecule has 1 atom stereocenters. The zero-order valence-corrected chi connectivity index (χ0v) is 16.0. The van der Waals surface area contributed by atoms with Gasteiger partial charge in [-0.2, -0.15) is 0 Å². The molecule has 0 fully saturated rings. The van der Waals surface area contributed by atoms with E-state index in [1.807, 2.05) is 0 Å². The molecule has 1 amide bonds. The van der Waals surface area contributed by atoms with Gasteiger partial charge in [0.2, 0.25) is 5.91 Å². The summed E-state index contributed by atoms with van der Waals surface area (Å²) in [6.07, 6.45) is 1.44. The second kappa shape index (κ2) is 7.82. The Balaban J connectivity index is 2.25. The first-order valence-electron chi connectivity index (χ1n) is 8.60. The number of hydrogen-bond donors (Lipinski definition) is 2. The van der Waals surface area contributed by atoms with Crippen LogP contribution in [0, 0.1) is 16.0 Å². The van der Waals surface area contributed by atoms with E-state index < -0.39 is 11.0 Å². The molecule has 0 saturated heterocycles. The molecule has 0 spiro atoms. The van der Waals surface area contributed by atoms with Crippen LogP contribution < -0.4 is 5.32 Å². The van der Waals surface area contributed by atoms with E-state index in [-0.39, 0.29) is 39.7 Å². The Morgan fingerprint density at radius 1 is 1.25 bits per heavy atom. The molecular formula is C20H18ClN3O4. The summed E-state index contributed by atoms with van der Waals surface area (Å²) < 4.78 is 0. The van der Waals surface area contributed by atoms with Crippen LogP contribution in [0.25, 0.3) is 10.9 Å². The number of non-ortho nitro benzene ring substituents is 1. The molecule has 1 heterocycles. The van der Waals surface area contributed by atoms with Gasteiger partial charge in [-0.25, -0.2) is 0 Å². The molecule has 0 radical (unpaired) electrons. The first kappa shape index (κ1) is 19.6. The van der Waals surface area contributed by atoms with Crippen molar-refractivity contribution >= 4 is 34.1 Å². The van der Waals surface area contributed by atoms with Crippen LogP contribution in [0.4, 0.5) is 5.69 Å². The Hall–Kier alpha value is -3.19. The number of carbonyl (C=O) groups is 1. The minimum absolute atomic E-state index is 0.101. The van der Waals surface area contributed by atoms with Crippen molar-refractivity contribution in [2.45, 2.75) is 19.9 Å². The molecule has 0 bridgehead atoms. The average Bonchev–Trinajstić information content (AvgIpc) is 2.67. The van der Waals surface area contributed by atoms with Crippen molar-refractivity contribution in [3.8, 4) is 5.75 Å². The van der Waals surface area contributed by atoms with E-state index in [0.29, 0.717) is 10.6 Å². The lowest BCUT2D eigenvalue weighted by atomic mass is 9.95. The Labute approximate surface area is 166 Å². The fourth-order valence-corrected chi connectivity index (χ4v) is 3.03. The van der Waals surface area contributed by atoms with Crippen molar-refractivity contribution < 1.29 is 14.8 Å². The fourth-order valence-electron chi connectivity index (χ4n) is 2.91. The van der Waals surface area contributed by atoms with Crippen molar-refractivity contribution in [2.24, 2.45) is 5.92 Å². The molecule has 0 saturated carbocycles. The second-order valence-corrected chi connectivity index (χ2v) is 7.07. The number of nitro groups is 1. The Morgan fingerprint density at radius 2 is 1.93 bits per heavy atom. The highest BCUT2D eigenvalue weighted by atomic mass is 35.5. The van der Waals surface area contributed by atoms with Gasteiger partial charge < -0.3 is 10.4 Å². The third kappa shape index (κ3) is 3.75. The molecule has 2 aromatic carbocycles. The number of aromatic hydroxyl groups is 1. The Bertz CT molecular complexity index is 1050. The lowest BCUT2D eigenvalue weighted by Gasteiger charge is -2.22. The standard InChI is InChI=1S/C20H18ClN3O4/c1-11(2)20(26)23-17(12-5-7-13(21)8-6-12)15-10-16(24(27)28)14-4-3-9-22-18(14)19(15)25/h3-11,17,25H,1-2H3,(H,23,26)/t17-/m0/s1. The number of phenols is 1. The topological polar surface area (TPSA) is 105 Å². The molecule has 3 aromatic rings. The quantitative estimate of drug-likeness (QED) is 0.489. The van der Waals surface area contributed by atoms with E-state index in [0.717, 1.165) is 0 Å². The Kier molecular flexibility index (Phi) is 5.46. The molecule has 0 aliphatic heterocycles. The first-order chi connectivity index (χ1) is 13.3. The third-order valence-electron chi connectivity index (χ3n) is 4.40. The fraction of sp³-hybridized carbons (Fsp3) is 0.200. The number of pyridine rings is 1. The molecule has 0 aliphatic rings. The number of phenolic OH excluding ortho intramolecular Hbond substituents is 1. The van der Waals surface area contributed by atoms with Crippen molar-refractivity contribution in [3.63, 3.8) is 0 Å². The zero-order valence-electron chi connectivity index (χ0n) is 15.2. The number of halogens is 1. The first-order valence-corrected chi connectivity index (χ1v) is 8.98. The predicted octanol–water partition coefficient (Wildman–Crippen LogP) is 4.36. The molecule has 0 aliphatic carbocycles. The molecule has 1 aromatic heterocycles. The van der Waals surface area contributed by atoms with Gasteiger partial charge in [0.25, 0.3) is 5.69 Å². The van der Waals surface area contributed by atoms with Crippen LogP contribution in [0.3, 0.4) is 0 Å². The number of amides is 1. The van der Waals surface area contributed by atoms with Crippen LogP contribution >= 0.6 is 11.6 Å². The molecule has 144 valence electrons. The van der Waals surface area contributed by atoms with E-state index in [1.54, 1.807) is 44.2 Å². The number of rotatable bonds is 5. The van der Waals surface area contributed by atoms with Crippen LogP contribution in [0.5, 0.6) is 5.75 Å². The monoisotopic (exact) mass is 399 g/mol. The smallest absolute Gasteiger partial charge is 0.279 e. The largest absolute Gasteiger partial charge is 0.505 e. The minimum Gasteiger partial charge on any atom is -0.505 e. The highest BCUT2D eigenvalue weighted by molar-refractivity contribution is 6.30. The minimum atomic E-state index is -0.808. The van der Waals surface area contributed by atoms with Crippen molar-refractivity contribution in [1.82, 2.24) is 10.3 Å². The number of hydrogen-bond acceptors (Lipinski definition) is 5. The van der Waals surface area contributed by atoms with Gasteiger partial charge in [-0.3, -0.25) is 19.9 Å². The van der Waals surface area contributed by atoms with E-state index in [4.69, 9.17) is 11.6 Å². The number of carbonyl (C=O) groups excluding carboxylic acids is 1. The SMILES string of the molecule is CC(C)C(=O)N[C@@H](c1ccc(Cl)cc1)c1cc([N+](=O)[O-])c2cccnc2c1O. The molecule has 2 N–H and O–H groups in total. The van der Waals surface area contributed by atoms with E-state index >= 15 is 0 Å². The maximum atomic E-state index is 12.4. The maximum absolute atomic E-state index is 12.4. The van der Waals surface area contributed by atoms with Crippen LogP contribution in [-0.4, -0.2) is 20.9 Å². The molecule has 28 heavy (non-hydrogen) atoms. The summed E-state index contributed by atoms with van der Waals surface area (Å²) in [6, 6.07) is 10.2. The zero-order chi connectivity index (χ0) is 20.4. The normalized spacial score (nSPS) is 12.1. The summed E-state index contributed by atoms with van der Waals surface area (Å²) in [4.78, 5) is 27.6. The van der Waals surface area contributed by atoms with Gasteiger partial charge in [0.15, 0.2) is 0 Å². The number of fused-ring (bicyclic) bond motifs is 1. The summed E-state index contributed by atoms with van der Waals surface area (Å²) in [5.74, 6) is -0.793. The predicted molar refractivity (Wildman–Crippen MR) is 106 cm³/mol. The second-order valence-electron chi connectivity index (χ2n) is 6.64. The number of nitrogens with one attached hydrogen (secondary N) is 1. The number of aromatic nitrogens is 1. The van der Waals surface area contributed by atoms with Crippen LogP contribution in [0.1, 0.15) is 31.0 Å². The highest BCUT2D eigenvalue weighted by Gasteiger charge is 2.27. The molecule has 8 heteroatoms. The van der Waals surface area contributed by atoms with Gasteiger partial charge in [-0.05, 0) is 29.8 Å². The van der Waals surface area contributed by atoms with Crippen molar-refractivity contribution in [3.05, 3.63) is 74.9 Å². The summed E-state index contributed by atoms with van der Waals surface area (Å²) in [7, 11) is 0. The van der Waals surface area contributed by atoms with Gasteiger partial charge in [-0.1, -0.05) is 37.6 Å². The molecular weight excluding hydrogens is 382 g/mol. The summed E-state index contributed by atoms with van der Waals surface area (Å²) in [5, 5.41) is 26.0. The summed E-state index contributed by atoms with van der Waals surface area (Å²) in [5.41, 5.74) is 0.714. The Morgan fingerprint density at radius 3 is 2.54 bits per heavy atom. The van der Waals surface area contributed by atoms with Gasteiger partial charge in [0.1, 0.15) is 11.3 Å². The lowest BCUT2D eigenvalue weighted by Crippen LogP contribution is -2.32. The van der Waals surface area contributed by atoms with Crippen molar-refractivity contribution in [2.75, 3.05) is 0 Å². The van der Waals surface area contributed by atoms with E-state index in [2.05, 4.69) is 10.3 Å². The number of nitrogens with zero attached hydrogens (tertiary/aromatic N) is 2. The molecule has 0 unspecified atom stereocenters.